The maximum absolute atomic E-state index is 12.3. The number of carbonyl (C=O) groups excluding carboxylic acids is 1. The van der Waals surface area contributed by atoms with Gasteiger partial charge in [0.05, 0.1) is 12.6 Å². The number of aliphatic hydroxyl groups excluding tert-OH is 1. The SMILES string of the molecule is Cc1noc([C@H]2C[C@H](O)CN2C(=O)OCc2ccccc2)n1. The summed E-state index contributed by atoms with van der Waals surface area (Å²) in [6, 6.07) is 8.98. The number of aliphatic hydroxyl groups is 1. The number of rotatable bonds is 3. The quantitative estimate of drug-likeness (QED) is 0.930. The van der Waals surface area contributed by atoms with Crippen LogP contribution in [0.25, 0.3) is 0 Å². The Morgan fingerprint density at radius 1 is 1.45 bits per heavy atom. The molecule has 2 heterocycles. The minimum atomic E-state index is -0.624. The Balaban J connectivity index is 1.67. The number of ether oxygens (including phenoxy) is 1. The summed E-state index contributed by atoms with van der Waals surface area (Å²) < 4.78 is 10.4. The molecule has 0 saturated carbocycles. The van der Waals surface area contributed by atoms with Crippen LogP contribution in [0.15, 0.2) is 34.9 Å². The van der Waals surface area contributed by atoms with Crippen molar-refractivity contribution in [3.8, 4) is 0 Å². The van der Waals surface area contributed by atoms with E-state index in [1.165, 1.54) is 4.90 Å². The first-order valence-electron chi connectivity index (χ1n) is 7.09. The standard InChI is InChI=1S/C15H17N3O4/c1-10-16-14(22-17-10)13-7-12(19)8-18(13)15(20)21-9-11-5-3-2-4-6-11/h2-6,12-13,19H,7-9H2,1H3/t12-,13+/m0/s1. The molecule has 1 N–H and O–H groups in total. The van der Waals surface area contributed by atoms with Crippen LogP contribution >= 0.6 is 0 Å². The molecule has 0 radical (unpaired) electrons. The van der Waals surface area contributed by atoms with Crippen LogP contribution in [0.4, 0.5) is 4.79 Å². The lowest BCUT2D eigenvalue weighted by atomic mass is 10.2. The highest BCUT2D eigenvalue weighted by molar-refractivity contribution is 5.68. The Kier molecular flexibility index (Phi) is 4.06. The van der Waals surface area contributed by atoms with Crippen molar-refractivity contribution >= 4 is 6.09 Å². The van der Waals surface area contributed by atoms with Gasteiger partial charge in [0.1, 0.15) is 12.6 Å². The second-order valence-electron chi connectivity index (χ2n) is 5.28. The van der Waals surface area contributed by atoms with Gasteiger partial charge in [0.15, 0.2) is 5.82 Å². The molecule has 116 valence electrons. The van der Waals surface area contributed by atoms with Crippen molar-refractivity contribution in [2.75, 3.05) is 6.54 Å². The van der Waals surface area contributed by atoms with Gasteiger partial charge in [0.2, 0.25) is 5.89 Å². The number of β-amino-alcohol motifs (C(OH)–C–C–N with tert-alkyl or cyclic N) is 1. The van der Waals surface area contributed by atoms with Crippen molar-refractivity contribution in [1.29, 1.82) is 0 Å². The average molecular weight is 303 g/mol. The summed E-state index contributed by atoms with van der Waals surface area (Å²) in [6.07, 6.45) is -0.759. The molecule has 1 aromatic carbocycles. The number of hydrogen-bond donors (Lipinski definition) is 1. The van der Waals surface area contributed by atoms with Crippen LogP contribution in [0.2, 0.25) is 0 Å². The predicted octanol–water partition coefficient (Wildman–Crippen LogP) is 1.82. The summed E-state index contributed by atoms with van der Waals surface area (Å²) in [5.74, 6) is 0.819. The number of benzene rings is 1. The highest BCUT2D eigenvalue weighted by atomic mass is 16.6. The predicted molar refractivity (Wildman–Crippen MR) is 75.7 cm³/mol. The van der Waals surface area contributed by atoms with Crippen LogP contribution in [0.3, 0.4) is 0 Å². The Bertz CT molecular complexity index is 643. The highest BCUT2D eigenvalue weighted by Gasteiger charge is 2.39. The minimum Gasteiger partial charge on any atom is -0.445 e. The number of carbonyl (C=O) groups is 1. The minimum absolute atomic E-state index is 0.182. The second-order valence-corrected chi connectivity index (χ2v) is 5.28. The molecule has 22 heavy (non-hydrogen) atoms. The zero-order chi connectivity index (χ0) is 15.5. The summed E-state index contributed by atoms with van der Waals surface area (Å²) in [7, 11) is 0. The summed E-state index contributed by atoms with van der Waals surface area (Å²) in [5.41, 5.74) is 0.904. The Morgan fingerprint density at radius 3 is 2.91 bits per heavy atom. The fourth-order valence-corrected chi connectivity index (χ4v) is 2.50. The zero-order valence-corrected chi connectivity index (χ0v) is 12.2. The fourth-order valence-electron chi connectivity index (χ4n) is 2.50. The lowest BCUT2D eigenvalue weighted by molar-refractivity contribution is 0.0831. The van der Waals surface area contributed by atoms with E-state index in [0.717, 1.165) is 5.56 Å². The summed E-state index contributed by atoms with van der Waals surface area (Å²) in [4.78, 5) is 17.8. The summed E-state index contributed by atoms with van der Waals surface area (Å²) in [5, 5.41) is 13.6. The molecular weight excluding hydrogens is 286 g/mol. The normalized spacial score (nSPS) is 21.1. The molecule has 3 rings (SSSR count). The van der Waals surface area contributed by atoms with E-state index >= 15 is 0 Å². The number of hydrogen-bond acceptors (Lipinski definition) is 6. The Labute approximate surface area is 127 Å². The van der Waals surface area contributed by atoms with Gasteiger partial charge in [-0.25, -0.2) is 4.79 Å². The third-order valence-electron chi connectivity index (χ3n) is 3.55. The van der Waals surface area contributed by atoms with Gasteiger partial charge in [0.25, 0.3) is 0 Å². The van der Waals surface area contributed by atoms with Crippen molar-refractivity contribution in [2.24, 2.45) is 0 Å². The maximum atomic E-state index is 12.3. The molecule has 1 fully saturated rings. The number of amides is 1. The van der Waals surface area contributed by atoms with Crippen molar-refractivity contribution < 1.29 is 19.2 Å². The fraction of sp³-hybridized carbons (Fsp3) is 0.400. The lowest BCUT2D eigenvalue weighted by Crippen LogP contribution is -2.32. The topological polar surface area (TPSA) is 88.7 Å². The van der Waals surface area contributed by atoms with Crippen molar-refractivity contribution in [2.45, 2.75) is 32.1 Å². The van der Waals surface area contributed by atoms with Crippen LogP contribution in [-0.4, -0.2) is 38.9 Å². The van der Waals surface area contributed by atoms with Gasteiger partial charge in [-0.2, -0.15) is 4.98 Å². The first kappa shape index (κ1) is 14.5. The molecule has 2 aromatic rings. The number of aryl methyl sites for hydroxylation is 1. The van der Waals surface area contributed by atoms with E-state index in [4.69, 9.17) is 9.26 Å². The van der Waals surface area contributed by atoms with E-state index < -0.39 is 18.2 Å². The van der Waals surface area contributed by atoms with E-state index in [1.54, 1.807) is 6.92 Å². The molecule has 0 unspecified atom stereocenters. The highest BCUT2D eigenvalue weighted by Crippen LogP contribution is 2.31. The van der Waals surface area contributed by atoms with Crippen LogP contribution < -0.4 is 0 Å². The molecule has 0 aliphatic carbocycles. The molecule has 7 nitrogen and oxygen atoms in total. The molecule has 2 atom stereocenters. The summed E-state index contributed by atoms with van der Waals surface area (Å²) in [6.45, 7) is 2.08. The van der Waals surface area contributed by atoms with Gasteiger partial charge in [-0.3, -0.25) is 4.90 Å². The van der Waals surface area contributed by atoms with E-state index in [0.29, 0.717) is 18.1 Å². The van der Waals surface area contributed by atoms with Crippen LogP contribution in [0.1, 0.15) is 29.7 Å². The van der Waals surface area contributed by atoms with E-state index in [2.05, 4.69) is 10.1 Å². The molecule has 0 bridgehead atoms. The lowest BCUT2D eigenvalue weighted by Gasteiger charge is -2.20. The Morgan fingerprint density at radius 2 is 2.23 bits per heavy atom. The molecule has 7 heteroatoms. The van der Waals surface area contributed by atoms with Crippen LogP contribution in [0, 0.1) is 6.92 Å². The number of nitrogens with zero attached hydrogens (tertiary/aromatic N) is 3. The van der Waals surface area contributed by atoms with Crippen molar-refractivity contribution in [1.82, 2.24) is 15.0 Å². The molecule has 1 aliphatic rings. The third-order valence-corrected chi connectivity index (χ3v) is 3.55. The average Bonchev–Trinajstić information content (AvgIpc) is 3.11. The molecule has 1 aromatic heterocycles. The van der Waals surface area contributed by atoms with Gasteiger partial charge in [-0.15, -0.1) is 0 Å². The van der Waals surface area contributed by atoms with Crippen LogP contribution in [-0.2, 0) is 11.3 Å². The molecule has 1 amide bonds. The van der Waals surface area contributed by atoms with E-state index in [9.17, 15) is 9.90 Å². The molecule has 1 aliphatic heterocycles. The van der Waals surface area contributed by atoms with Gasteiger partial charge in [-0.1, -0.05) is 35.5 Å². The van der Waals surface area contributed by atoms with Gasteiger partial charge in [0, 0.05) is 6.42 Å². The van der Waals surface area contributed by atoms with Gasteiger partial charge in [-0.05, 0) is 12.5 Å². The maximum Gasteiger partial charge on any atom is 0.410 e. The zero-order valence-electron chi connectivity index (χ0n) is 12.2. The third kappa shape index (κ3) is 3.09. The van der Waals surface area contributed by atoms with E-state index in [1.807, 2.05) is 30.3 Å². The number of likely N-dealkylation sites (tertiary alicyclic amines) is 1. The second kappa shape index (κ2) is 6.15. The first-order chi connectivity index (χ1) is 10.6. The smallest absolute Gasteiger partial charge is 0.410 e. The summed E-state index contributed by atoms with van der Waals surface area (Å²) >= 11 is 0. The largest absolute Gasteiger partial charge is 0.445 e. The molecule has 0 spiro atoms. The van der Waals surface area contributed by atoms with Crippen molar-refractivity contribution in [3.63, 3.8) is 0 Å². The monoisotopic (exact) mass is 303 g/mol. The van der Waals surface area contributed by atoms with E-state index in [-0.39, 0.29) is 13.2 Å². The Hall–Kier alpha value is -2.41. The van der Waals surface area contributed by atoms with Gasteiger partial charge >= 0.3 is 6.09 Å². The molecular formula is C15H17N3O4. The van der Waals surface area contributed by atoms with Crippen molar-refractivity contribution in [3.05, 3.63) is 47.6 Å². The molecule has 1 saturated heterocycles. The first-order valence-corrected chi connectivity index (χ1v) is 7.09. The van der Waals surface area contributed by atoms with Crippen LogP contribution in [0.5, 0.6) is 0 Å². The number of aromatic nitrogens is 2. The van der Waals surface area contributed by atoms with Gasteiger partial charge < -0.3 is 14.4 Å².